The SMILES string of the molecule is CN(C)CCN(C)Cc1cccc(Cl)c1O. The van der Waals surface area contributed by atoms with Gasteiger partial charge in [-0.1, -0.05) is 23.7 Å². The fraction of sp³-hybridized carbons (Fsp3) is 0.500. The number of hydrogen-bond acceptors (Lipinski definition) is 3. The second-order valence-corrected chi connectivity index (χ2v) is 4.70. The van der Waals surface area contributed by atoms with Crippen LogP contribution in [0.3, 0.4) is 0 Å². The number of aromatic hydroxyl groups is 1. The highest BCUT2D eigenvalue weighted by molar-refractivity contribution is 6.32. The Morgan fingerprint density at radius 2 is 1.88 bits per heavy atom. The molecule has 1 aromatic carbocycles. The summed E-state index contributed by atoms with van der Waals surface area (Å²) in [5, 5.41) is 10.2. The molecule has 0 aliphatic rings. The highest BCUT2D eigenvalue weighted by Crippen LogP contribution is 2.27. The number of benzene rings is 1. The molecule has 0 aliphatic heterocycles. The zero-order valence-corrected chi connectivity index (χ0v) is 10.8. The lowest BCUT2D eigenvalue weighted by molar-refractivity contribution is 0.273. The number of nitrogens with zero attached hydrogens (tertiary/aromatic N) is 2. The quantitative estimate of drug-likeness (QED) is 0.856. The molecule has 0 atom stereocenters. The van der Waals surface area contributed by atoms with Gasteiger partial charge in [0.15, 0.2) is 0 Å². The van der Waals surface area contributed by atoms with E-state index >= 15 is 0 Å². The van der Waals surface area contributed by atoms with Crippen LogP contribution >= 0.6 is 11.6 Å². The molecule has 1 rings (SSSR count). The molecular weight excluding hydrogens is 224 g/mol. The standard InChI is InChI=1S/C12H19ClN2O/c1-14(2)7-8-15(3)9-10-5-4-6-11(13)12(10)16/h4-6,16H,7-9H2,1-3H3. The number of likely N-dealkylation sites (N-methyl/N-ethyl adjacent to an activating group) is 2. The van der Waals surface area contributed by atoms with E-state index in [9.17, 15) is 5.11 Å². The van der Waals surface area contributed by atoms with Gasteiger partial charge in [0, 0.05) is 25.2 Å². The summed E-state index contributed by atoms with van der Waals surface area (Å²) in [5.41, 5.74) is 0.869. The lowest BCUT2D eigenvalue weighted by Crippen LogP contribution is -2.28. The number of phenolic OH excluding ortho intramolecular Hbond substituents is 1. The molecular formula is C12H19ClN2O. The largest absolute Gasteiger partial charge is 0.506 e. The maximum Gasteiger partial charge on any atom is 0.138 e. The molecule has 0 radical (unpaired) electrons. The molecule has 0 amide bonds. The van der Waals surface area contributed by atoms with E-state index < -0.39 is 0 Å². The lowest BCUT2D eigenvalue weighted by atomic mass is 10.2. The summed E-state index contributed by atoms with van der Waals surface area (Å²) in [5.74, 6) is 0.195. The van der Waals surface area contributed by atoms with E-state index in [0.717, 1.165) is 18.7 Å². The zero-order valence-electron chi connectivity index (χ0n) is 10.1. The molecule has 0 unspecified atom stereocenters. The third-order valence-corrected chi connectivity index (χ3v) is 2.74. The van der Waals surface area contributed by atoms with Gasteiger partial charge in [-0.05, 0) is 27.2 Å². The van der Waals surface area contributed by atoms with Crippen molar-refractivity contribution >= 4 is 11.6 Å². The molecule has 1 N–H and O–H groups in total. The molecule has 0 saturated carbocycles. The number of halogens is 1. The van der Waals surface area contributed by atoms with Crippen LogP contribution in [0, 0.1) is 0 Å². The first-order chi connectivity index (χ1) is 7.50. The van der Waals surface area contributed by atoms with Gasteiger partial charge >= 0.3 is 0 Å². The van der Waals surface area contributed by atoms with Crippen LogP contribution < -0.4 is 0 Å². The maximum atomic E-state index is 9.75. The molecule has 0 aromatic heterocycles. The number of phenols is 1. The van der Waals surface area contributed by atoms with Gasteiger partial charge in [0.2, 0.25) is 0 Å². The predicted octanol–water partition coefficient (Wildman–Crippen LogP) is 2.04. The molecule has 90 valence electrons. The van der Waals surface area contributed by atoms with Crippen LogP contribution in [0.4, 0.5) is 0 Å². The summed E-state index contributed by atoms with van der Waals surface area (Å²) in [6, 6.07) is 5.45. The minimum absolute atomic E-state index is 0.195. The molecule has 0 fully saturated rings. The van der Waals surface area contributed by atoms with Gasteiger partial charge in [0.05, 0.1) is 5.02 Å². The molecule has 0 saturated heterocycles. The van der Waals surface area contributed by atoms with Crippen molar-refractivity contribution in [3.05, 3.63) is 28.8 Å². The Labute approximate surface area is 102 Å². The summed E-state index contributed by atoms with van der Waals surface area (Å²) < 4.78 is 0. The fourth-order valence-corrected chi connectivity index (χ4v) is 1.62. The summed E-state index contributed by atoms with van der Waals surface area (Å²) in [4.78, 5) is 4.29. The van der Waals surface area contributed by atoms with Gasteiger partial charge in [0.25, 0.3) is 0 Å². The predicted molar refractivity (Wildman–Crippen MR) is 68.0 cm³/mol. The van der Waals surface area contributed by atoms with Crippen molar-refractivity contribution in [1.29, 1.82) is 0 Å². The van der Waals surface area contributed by atoms with E-state index in [2.05, 4.69) is 9.80 Å². The van der Waals surface area contributed by atoms with Crippen LogP contribution in [0.5, 0.6) is 5.75 Å². The average Bonchev–Trinajstić information content (AvgIpc) is 2.22. The Kier molecular flexibility index (Phi) is 5.06. The highest BCUT2D eigenvalue weighted by atomic mass is 35.5. The summed E-state index contributed by atoms with van der Waals surface area (Å²) in [6.45, 7) is 2.66. The van der Waals surface area contributed by atoms with Gasteiger partial charge in [-0.25, -0.2) is 0 Å². The van der Waals surface area contributed by atoms with Crippen molar-refractivity contribution in [2.24, 2.45) is 0 Å². The van der Waals surface area contributed by atoms with Crippen LogP contribution in [0.1, 0.15) is 5.56 Å². The molecule has 16 heavy (non-hydrogen) atoms. The van der Waals surface area contributed by atoms with Crippen LogP contribution in [0.2, 0.25) is 5.02 Å². The monoisotopic (exact) mass is 242 g/mol. The van der Waals surface area contributed by atoms with Crippen molar-refractivity contribution in [3.8, 4) is 5.75 Å². The second kappa shape index (κ2) is 6.09. The zero-order chi connectivity index (χ0) is 12.1. The molecule has 1 aromatic rings. The number of hydrogen-bond donors (Lipinski definition) is 1. The summed E-state index contributed by atoms with van der Waals surface area (Å²) in [7, 11) is 6.12. The van der Waals surface area contributed by atoms with Crippen molar-refractivity contribution in [3.63, 3.8) is 0 Å². The van der Waals surface area contributed by atoms with E-state index in [-0.39, 0.29) is 5.75 Å². The summed E-state index contributed by atoms with van der Waals surface area (Å²) >= 11 is 5.85. The van der Waals surface area contributed by atoms with Gasteiger partial charge in [-0.3, -0.25) is 0 Å². The topological polar surface area (TPSA) is 26.7 Å². The fourth-order valence-electron chi connectivity index (χ4n) is 1.43. The van der Waals surface area contributed by atoms with E-state index in [1.54, 1.807) is 6.07 Å². The Bertz CT molecular complexity index is 342. The third-order valence-electron chi connectivity index (χ3n) is 2.44. The van der Waals surface area contributed by atoms with Crippen LogP contribution in [0.15, 0.2) is 18.2 Å². The average molecular weight is 243 g/mol. The smallest absolute Gasteiger partial charge is 0.138 e. The first-order valence-corrected chi connectivity index (χ1v) is 5.68. The maximum absolute atomic E-state index is 9.75. The van der Waals surface area contributed by atoms with Crippen molar-refractivity contribution in [2.45, 2.75) is 6.54 Å². The van der Waals surface area contributed by atoms with Crippen LogP contribution in [-0.4, -0.2) is 49.1 Å². The molecule has 0 spiro atoms. The molecule has 0 bridgehead atoms. The van der Waals surface area contributed by atoms with Crippen LogP contribution in [0.25, 0.3) is 0 Å². The minimum atomic E-state index is 0.195. The van der Waals surface area contributed by atoms with Gasteiger partial charge in [-0.2, -0.15) is 0 Å². The van der Waals surface area contributed by atoms with Crippen molar-refractivity contribution in [2.75, 3.05) is 34.2 Å². The Morgan fingerprint density at radius 1 is 1.19 bits per heavy atom. The van der Waals surface area contributed by atoms with E-state index in [4.69, 9.17) is 11.6 Å². The van der Waals surface area contributed by atoms with Gasteiger partial charge in [-0.15, -0.1) is 0 Å². The lowest BCUT2D eigenvalue weighted by Gasteiger charge is -2.19. The van der Waals surface area contributed by atoms with Crippen LogP contribution in [-0.2, 0) is 6.54 Å². The van der Waals surface area contributed by atoms with E-state index in [1.165, 1.54) is 0 Å². The third kappa shape index (κ3) is 4.00. The van der Waals surface area contributed by atoms with E-state index in [0.29, 0.717) is 11.6 Å². The molecule has 0 heterocycles. The first kappa shape index (κ1) is 13.3. The number of para-hydroxylation sites is 1. The minimum Gasteiger partial charge on any atom is -0.506 e. The Morgan fingerprint density at radius 3 is 2.50 bits per heavy atom. The van der Waals surface area contributed by atoms with Crippen molar-refractivity contribution < 1.29 is 5.11 Å². The summed E-state index contributed by atoms with van der Waals surface area (Å²) in [6.07, 6.45) is 0. The Balaban J connectivity index is 2.56. The number of rotatable bonds is 5. The molecule has 3 nitrogen and oxygen atoms in total. The normalized spacial score (nSPS) is 11.4. The molecule has 4 heteroatoms. The van der Waals surface area contributed by atoms with Gasteiger partial charge in [0.1, 0.15) is 5.75 Å². The highest BCUT2D eigenvalue weighted by Gasteiger charge is 2.07. The Hall–Kier alpha value is -0.770. The van der Waals surface area contributed by atoms with Crippen molar-refractivity contribution in [1.82, 2.24) is 9.80 Å². The van der Waals surface area contributed by atoms with Gasteiger partial charge < -0.3 is 14.9 Å². The van der Waals surface area contributed by atoms with E-state index in [1.807, 2.05) is 33.3 Å². The molecule has 0 aliphatic carbocycles. The first-order valence-electron chi connectivity index (χ1n) is 5.30. The second-order valence-electron chi connectivity index (χ2n) is 4.29.